The molecule has 0 aromatic rings. The van der Waals surface area contributed by atoms with Gasteiger partial charge in [-0.3, -0.25) is 4.34 Å². The van der Waals surface area contributed by atoms with Crippen LogP contribution in [0.4, 0.5) is 0 Å². The number of rotatable bonds is 2. The first-order valence-electron chi connectivity index (χ1n) is 2.33. The molecule has 0 aliphatic carbocycles. The van der Waals surface area contributed by atoms with Crippen LogP contribution in [0, 0.1) is 0 Å². The largest absolute Gasteiger partial charge is 0.692 e. The van der Waals surface area contributed by atoms with Crippen molar-refractivity contribution in [2.24, 2.45) is 0 Å². The zero-order valence-electron chi connectivity index (χ0n) is 5.04. The maximum absolute atomic E-state index is 8.70. The quantitative estimate of drug-likeness (QED) is 0.477. The zero-order chi connectivity index (χ0) is 7.70. The van der Waals surface area contributed by atoms with Gasteiger partial charge in [-0.15, -0.1) is 9.79 Å². The molecule has 0 unspecified atom stereocenters. The van der Waals surface area contributed by atoms with E-state index in [-0.39, 0.29) is 0 Å². The van der Waals surface area contributed by atoms with Gasteiger partial charge in [0, 0.05) is 27.3 Å². The van der Waals surface area contributed by atoms with Crippen molar-refractivity contribution in [3.8, 4) is 0 Å². The summed E-state index contributed by atoms with van der Waals surface area (Å²) in [5.74, 6) is 0. The summed E-state index contributed by atoms with van der Waals surface area (Å²) in [6.07, 6.45) is 1.19. The van der Waals surface area contributed by atoms with Crippen molar-refractivity contribution in [1.82, 2.24) is 4.34 Å². The van der Waals surface area contributed by atoms with Crippen LogP contribution in [0.5, 0.6) is 0 Å². The summed E-state index contributed by atoms with van der Waals surface area (Å²) in [6, 6.07) is 0. The van der Waals surface area contributed by atoms with E-state index in [1.54, 1.807) is 0 Å². The fourth-order valence-corrected chi connectivity index (χ4v) is 0.491. The molecular weight excluding hydrogens is 209 g/mol. The lowest BCUT2D eigenvalue weighted by Gasteiger charge is -1.81. The molecule has 0 aromatic carbocycles. The molecule has 0 amide bonds. The summed E-state index contributed by atoms with van der Waals surface area (Å²) in [5.41, 5.74) is 0. The third-order valence-electron chi connectivity index (χ3n) is 0.344. The second-order valence-corrected chi connectivity index (χ2v) is 2.20. The Balaban J connectivity index is 0. The Morgan fingerprint density at radius 1 is 1.67 bits per heavy atom. The number of halogens is 1. The second-order valence-electron chi connectivity index (χ2n) is 1.14. The number of hydrogen-bond acceptors (Lipinski definition) is 2. The molecule has 4 nitrogen and oxygen atoms in total. The van der Waals surface area contributed by atoms with Gasteiger partial charge in [-0.2, -0.15) is 0 Å². The van der Waals surface area contributed by atoms with Gasteiger partial charge in [0.1, 0.15) is 0 Å². The fraction of sp³-hybridized carbons (Fsp3) is 1.00. The lowest BCUT2D eigenvalue weighted by molar-refractivity contribution is 0.405. The fourth-order valence-electron chi connectivity index (χ4n) is 0.0945. The third kappa shape index (κ3) is 58.3. The van der Waals surface area contributed by atoms with Crippen molar-refractivity contribution in [1.29, 1.82) is 0 Å². The Bertz CT molecular complexity index is 66.1. The molecule has 0 spiro atoms. The van der Waals surface area contributed by atoms with Crippen molar-refractivity contribution in [2.75, 3.05) is 6.54 Å². The molecule has 0 bridgehead atoms. The average Bonchev–Trinajstić information content (AvgIpc) is 1.66. The molecule has 56 valence electrons. The van der Waals surface area contributed by atoms with Crippen molar-refractivity contribution in [2.45, 2.75) is 13.3 Å². The van der Waals surface area contributed by atoms with E-state index in [1.165, 1.54) is 6.42 Å². The summed E-state index contributed by atoms with van der Waals surface area (Å²) in [5, 5.41) is 0. The Morgan fingerprint density at radius 2 is 2.00 bits per heavy atom. The van der Waals surface area contributed by atoms with E-state index in [2.05, 4.69) is 27.4 Å². The van der Waals surface area contributed by atoms with Crippen molar-refractivity contribution in [3.05, 3.63) is 0 Å². The van der Waals surface area contributed by atoms with E-state index in [9.17, 15) is 0 Å². The number of hydrogen-bond donors (Lipinski definition) is 3. The van der Waals surface area contributed by atoms with Gasteiger partial charge in [0.05, 0.1) is 0 Å². The Hall–Kier alpha value is 0.460. The Kier molecular flexibility index (Phi) is 15.3. The molecular formula is C3H10BrNO3P+. The summed E-state index contributed by atoms with van der Waals surface area (Å²) < 4.78 is 11.5. The number of nitrogens with one attached hydrogen (secondary N) is 1. The first-order chi connectivity index (χ1) is 4.15. The average molecular weight is 219 g/mol. The highest BCUT2D eigenvalue weighted by Crippen LogP contribution is 1.98. The van der Waals surface area contributed by atoms with E-state index in [4.69, 9.17) is 14.4 Å². The van der Waals surface area contributed by atoms with Crippen LogP contribution in [0.2, 0.25) is 0 Å². The van der Waals surface area contributed by atoms with Gasteiger partial charge in [0.15, 0.2) is 0 Å². The molecule has 0 heterocycles. The second kappa shape index (κ2) is 11.3. The normalized spacial score (nSPS) is 7.56. The molecule has 0 radical (unpaired) electrons. The minimum atomic E-state index is -2.87. The highest BCUT2D eigenvalue weighted by Gasteiger charge is 1.93. The smallest absolute Gasteiger partial charge is 0.256 e. The van der Waals surface area contributed by atoms with Crippen LogP contribution in [0.15, 0.2) is 0 Å². The van der Waals surface area contributed by atoms with Crippen LogP contribution < -0.4 is 4.34 Å². The molecule has 0 saturated heterocycles. The first kappa shape index (κ1) is 12.2. The molecule has 9 heavy (non-hydrogen) atoms. The van der Waals surface area contributed by atoms with Gasteiger partial charge >= 0.3 is 8.25 Å². The summed E-state index contributed by atoms with van der Waals surface area (Å²) in [4.78, 5) is 14.2. The van der Waals surface area contributed by atoms with Crippen LogP contribution in [-0.2, 0) is 4.57 Å². The predicted molar refractivity (Wildman–Crippen MR) is 39.3 cm³/mol. The molecule has 0 aromatic heterocycles. The Labute approximate surface area is 63.6 Å². The molecule has 0 fully saturated rings. The van der Waals surface area contributed by atoms with Crippen LogP contribution in [-0.4, -0.2) is 16.3 Å². The highest BCUT2D eigenvalue weighted by molar-refractivity contribution is 9.08. The van der Waals surface area contributed by atoms with Gasteiger partial charge in [0.25, 0.3) is 0 Å². The summed E-state index contributed by atoms with van der Waals surface area (Å²) in [7, 11) is -2.87. The zero-order valence-corrected chi connectivity index (χ0v) is 7.52. The standard InChI is InChI=1S/C3H8BrN.HO3P/c1-2-3-5-4;1-4(2)3/h5H,2-3H2,1H3;(H-,1,2,3)/p+1. The van der Waals surface area contributed by atoms with Crippen LogP contribution in [0.1, 0.15) is 13.3 Å². The van der Waals surface area contributed by atoms with Gasteiger partial charge < -0.3 is 0 Å². The summed E-state index contributed by atoms with van der Waals surface area (Å²) >= 11 is 3.06. The highest BCUT2D eigenvalue weighted by atomic mass is 79.9. The van der Waals surface area contributed by atoms with E-state index < -0.39 is 8.25 Å². The van der Waals surface area contributed by atoms with Gasteiger partial charge in [-0.25, -0.2) is 0 Å². The third-order valence-corrected chi connectivity index (χ3v) is 0.741. The lowest BCUT2D eigenvalue weighted by Crippen LogP contribution is -1.95. The van der Waals surface area contributed by atoms with E-state index >= 15 is 0 Å². The van der Waals surface area contributed by atoms with Gasteiger partial charge in [0.2, 0.25) is 0 Å². The first-order valence-corrected chi connectivity index (χ1v) is 4.29. The summed E-state index contributed by atoms with van der Waals surface area (Å²) in [6.45, 7) is 3.17. The Morgan fingerprint density at radius 3 is 2.00 bits per heavy atom. The minimum Gasteiger partial charge on any atom is -0.256 e. The SMILES string of the molecule is CCCNBr.O=[P+](O)O. The lowest BCUT2D eigenvalue weighted by atomic mass is 10.5. The molecule has 0 aliphatic heterocycles. The van der Waals surface area contributed by atoms with E-state index in [0.29, 0.717) is 0 Å². The van der Waals surface area contributed by atoms with Crippen LogP contribution in [0.3, 0.4) is 0 Å². The van der Waals surface area contributed by atoms with Crippen LogP contribution >= 0.6 is 24.4 Å². The minimum absolute atomic E-state index is 1.06. The molecule has 0 rings (SSSR count). The van der Waals surface area contributed by atoms with E-state index in [1.807, 2.05) is 0 Å². The van der Waals surface area contributed by atoms with E-state index in [0.717, 1.165) is 6.54 Å². The predicted octanol–water partition coefficient (Wildman–Crippen LogP) is 0.924. The monoisotopic (exact) mass is 218 g/mol. The van der Waals surface area contributed by atoms with Gasteiger partial charge in [-0.1, -0.05) is 6.92 Å². The van der Waals surface area contributed by atoms with Crippen LogP contribution in [0.25, 0.3) is 0 Å². The maximum Gasteiger partial charge on any atom is 0.692 e. The maximum atomic E-state index is 8.70. The van der Waals surface area contributed by atoms with Crippen molar-refractivity contribution < 1.29 is 14.4 Å². The van der Waals surface area contributed by atoms with Gasteiger partial charge in [-0.05, 0) is 6.42 Å². The molecule has 0 saturated carbocycles. The topological polar surface area (TPSA) is 69.6 Å². The molecule has 0 aliphatic rings. The van der Waals surface area contributed by atoms with Crippen molar-refractivity contribution >= 4 is 24.4 Å². The molecule has 3 N–H and O–H groups in total. The molecule has 0 atom stereocenters. The van der Waals surface area contributed by atoms with Crippen molar-refractivity contribution in [3.63, 3.8) is 0 Å². The molecule has 6 heteroatoms.